The van der Waals surface area contributed by atoms with Crippen LogP contribution < -0.4 is 4.74 Å². The first kappa shape index (κ1) is 20.0. The van der Waals surface area contributed by atoms with E-state index in [0.717, 1.165) is 53.7 Å². The van der Waals surface area contributed by atoms with Crippen molar-refractivity contribution in [3.8, 4) is 22.8 Å². The number of aryl methyl sites for hydroxylation is 1. The van der Waals surface area contributed by atoms with Gasteiger partial charge in [0, 0.05) is 11.3 Å². The van der Waals surface area contributed by atoms with Crippen LogP contribution in [0.4, 0.5) is 0 Å². The normalized spacial score (nSPS) is 11.0. The van der Waals surface area contributed by atoms with Gasteiger partial charge >= 0.3 is 0 Å². The largest absolute Gasteiger partial charge is 0.494 e. The Kier molecular flexibility index (Phi) is 6.65. The van der Waals surface area contributed by atoms with E-state index in [4.69, 9.17) is 4.74 Å². The van der Waals surface area contributed by atoms with Crippen molar-refractivity contribution in [1.82, 2.24) is 40.4 Å². The van der Waals surface area contributed by atoms with E-state index < -0.39 is 0 Å². The van der Waals surface area contributed by atoms with Crippen molar-refractivity contribution in [2.24, 2.45) is 0 Å². The van der Waals surface area contributed by atoms with Crippen molar-refractivity contribution in [1.29, 1.82) is 0 Å². The molecule has 0 saturated heterocycles. The molecule has 0 aliphatic heterocycles. The first-order chi connectivity index (χ1) is 14.8. The summed E-state index contributed by atoms with van der Waals surface area (Å²) in [6.07, 6.45) is 3.09. The number of hydrogen-bond acceptors (Lipinski definition) is 8. The average Bonchev–Trinajstić information content (AvgIpc) is 3.46. The second-order valence-electron chi connectivity index (χ2n) is 6.53. The first-order valence-corrected chi connectivity index (χ1v) is 10.7. The molecule has 0 amide bonds. The lowest BCUT2D eigenvalue weighted by Crippen LogP contribution is -2.03. The maximum Gasteiger partial charge on any atom is 0.214 e. The van der Waals surface area contributed by atoms with Crippen LogP contribution in [0.5, 0.6) is 5.75 Å². The SMILES string of the molecule is COc1ccccc1-n1nnnc1SCCCCCn1nnc(-c2ccccc2)n1. The van der Waals surface area contributed by atoms with E-state index in [1.165, 1.54) is 0 Å². The number of thioether (sulfide) groups is 1. The lowest BCUT2D eigenvalue weighted by molar-refractivity contribution is 0.410. The molecule has 10 heteroatoms. The molecule has 0 radical (unpaired) electrons. The van der Waals surface area contributed by atoms with E-state index in [9.17, 15) is 0 Å². The minimum absolute atomic E-state index is 0.661. The third-order valence-corrected chi connectivity index (χ3v) is 5.48. The van der Waals surface area contributed by atoms with E-state index >= 15 is 0 Å². The number of hydrogen-bond donors (Lipinski definition) is 0. The zero-order valence-corrected chi connectivity index (χ0v) is 17.4. The van der Waals surface area contributed by atoms with Gasteiger partial charge in [-0.2, -0.15) is 9.48 Å². The quantitative estimate of drug-likeness (QED) is 0.284. The van der Waals surface area contributed by atoms with Gasteiger partial charge in [-0.05, 0) is 40.6 Å². The molecule has 0 saturated carbocycles. The Hall–Kier alpha value is -3.27. The van der Waals surface area contributed by atoms with Crippen LogP contribution in [0.15, 0.2) is 59.8 Å². The molecule has 4 rings (SSSR count). The van der Waals surface area contributed by atoms with Crippen LogP contribution in [0.25, 0.3) is 17.1 Å². The summed E-state index contributed by atoms with van der Waals surface area (Å²) in [6, 6.07) is 17.6. The molecule has 0 N–H and O–H groups in total. The number of para-hydroxylation sites is 2. The standard InChI is InChI=1S/C20H22N8OS/c1-29-18-13-7-6-12-17(18)28-20(22-24-26-28)30-15-9-3-8-14-27-23-19(21-25-27)16-10-4-2-5-11-16/h2,4-7,10-13H,3,8-9,14-15H2,1H3. The summed E-state index contributed by atoms with van der Waals surface area (Å²) in [4.78, 5) is 1.66. The average molecular weight is 423 g/mol. The van der Waals surface area contributed by atoms with Crippen LogP contribution in [0, 0.1) is 0 Å². The van der Waals surface area contributed by atoms with Gasteiger partial charge in [0.1, 0.15) is 11.4 Å². The van der Waals surface area contributed by atoms with Crippen molar-refractivity contribution in [3.63, 3.8) is 0 Å². The maximum atomic E-state index is 5.41. The fraction of sp³-hybridized carbons (Fsp3) is 0.300. The minimum atomic E-state index is 0.661. The van der Waals surface area contributed by atoms with Crippen molar-refractivity contribution in [2.75, 3.05) is 12.9 Å². The molecule has 4 aromatic rings. The molecule has 0 unspecified atom stereocenters. The third-order valence-electron chi connectivity index (χ3n) is 4.47. The Morgan fingerprint density at radius 3 is 2.60 bits per heavy atom. The topological polar surface area (TPSA) is 96.4 Å². The van der Waals surface area contributed by atoms with Gasteiger partial charge in [-0.15, -0.1) is 15.3 Å². The molecule has 0 aliphatic carbocycles. The Morgan fingerprint density at radius 2 is 1.73 bits per heavy atom. The molecule has 0 fully saturated rings. The number of benzene rings is 2. The van der Waals surface area contributed by atoms with Crippen LogP contribution in [-0.2, 0) is 6.54 Å². The van der Waals surface area contributed by atoms with Gasteiger partial charge in [-0.25, -0.2) is 0 Å². The molecular weight excluding hydrogens is 400 g/mol. The Morgan fingerprint density at radius 1 is 0.900 bits per heavy atom. The van der Waals surface area contributed by atoms with Gasteiger partial charge in [0.15, 0.2) is 0 Å². The molecular formula is C20H22N8OS. The lowest BCUT2D eigenvalue weighted by Gasteiger charge is -2.08. The summed E-state index contributed by atoms with van der Waals surface area (Å²) in [5.41, 5.74) is 1.81. The van der Waals surface area contributed by atoms with Crippen LogP contribution in [0.3, 0.4) is 0 Å². The summed E-state index contributed by atoms with van der Waals surface area (Å²) in [5, 5.41) is 25.5. The van der Waals surface area contributed by atoms with Crippen LogP contribution in [-0.4, -0.2) is 53.3 Å². The highest BCUT2D eigenvalue weighted by molar-refractivity contribution is 7.99. The van der Waals surface area contributed by atoms with Gasteiger partial charge in [0.05, 0.1) is 13.7 Å². The van der Waals surface area contributed by atoms with Gasteiger partial charge in [0.25, 0.3) is 0 Å². The Bertz CT molecular complexity index is 1070. The minimum Gasteiger partial charge on any atom is -0.494 e. The van der Waals surface area contributed by atoms with E-state index in [1.54, 1.807) is 28.3 Å². The predicted molar refractivity (Wildman–Crippen MR) is 114 cm³/mol. The van der Waals surface area contributed by atoms with Crippen molar-refractivity contribution in [3.05, 3.63) is 54.6 Å². The molecule has 2 heterocycles. The van der Waals surface area contributed by atoms with Crippen LogP contribution >= 0.6 is 11.8 Å². The lowest BCUT2D eigenvalue weighted by atomic mass is 10.2. The molecule has 154 valence electrons. The zero-order chi connectivity index (χ0) is 20.6. The molecule has 2 aromatic carbocycles. The van der Waals surface area contributed by atoms with E-state index in [1.807, 2.05) is 54.6 Å². The Balaban J connectivity index is 1.22. The zero-order valence-electron chi connectivity index (χ0n) is 16.6. The number of ether oxygens (including phenoxy) is 1. The summed E-state index contributed by atoms with van der Waals surface area (Å²) < 4.78 is 7.12. The summed E-state index contributed by atoms with van der Waals surface area (Å²) in [7, 11) is 1.64. The van der Waals surface area contributed by atoms with Gasteiger partial charge in [0.2, 0.25) is 11.0 Å². The molecule has 0 atom stereocenters. The van der Waals surface area contributed by atoms with Crippen LogP contribution in [0.2, 0.25) is 0 Å². The van der Waals surface area contributed by atoms with E-state index in [-0.39, 0.29) is 0 Å². The second-order valence-corrected chi connectivity index (χ2v) is 7.59. The number of nitrogens with zero attached hydrogens (tertiary/aromatic N) is 8. The predicted octanol–water partition coefficient (Wildman–Crippen LogP) is 3.29. The number of tetrazole rings is 2. The number of aromatic nitrogens is 8. The molecule has 0 aliphatic rings. The smallest absolute Gasteiger partial charge is 0.214 e. The third kappa shape index (κ3) is 4.82. The highest BCUT2D eigenvalue weighted by atomic mass is 32.2. The van der Waals surface area contributed by atoms with E-state index in [0.29, 0.717) is 5.82 Å². The molecule has 9 nitrogen and oxygen atoms in total. The maximum absolute atomic E-state index is 5.41. The first-order valence-electron chi connectivity index (χ1n) is 9.73. The van der Waals surface area contributed by atoms with E-state index in [2.05, 4.69) is 30.9 Å². The summed E-state index contributed by atoms with van der Waals surface area (Å²) in [6.45, 7) is 0.753. The number of methoxy groups -OCH3 is 1. The summed E-state index contributed by atoms with van der Waals surface area (Å²) >= 11 is 1.64. The van der Waals surface area contributed by atoms with Crippen molar-refractivity contribution in [2.45, 2.75) is 31.0 Å². The molecule has 2 aromatic heterocycles. The molecule has 0 spiro atoms. The van der Waals surface area contributed by atoms with Crippen molar-refractivity contribution >= 4 is 11.8 Å². The highest BCUT2D eigenvalue weighted by Crippen LogP contribution is 2.26. The van der Waals surface area contributed by atoms with Gasteiger partial charge in [-0.3, -0.25) is 0 Å². The number of rotatable bonds is 10. The van der Waals surface area contributed by atoms with Crippen molar-refractivity contribution < 1.29 is 4.74 Å². The fourth-order valence-electron chi connectivity index (χ4n) is 2.96. The fourth-order valence-corrected chi connectivity index (χ4v) is 3.84. The monoisotopic (exact) mass is 422 g/mol. The highest BCUT2D eigenvalue weighted by Gasteiger charge is 2.12. The van der Waals surface area contributed by atoms with Gasteiger partial charge < -0.3 is 4.74 Å². The molecule has 0 bridgehead atoms. The Labute approximate surface area is 178 Å². The summed E-state index contributed by atoms with van der Waals surface area (Å²) in [5.74, 6) is 2.33. The van der Waals surface area contributed by atoms with Crippen LogP contribution in [0.1, 0.15) is 19.3 Å². The molecule has 30 heavy (non-hydrogen) atoms. The van der Waals surface area contributed by atoms with Gasteiger partial charge in [-0.1, -0.05) is 60.6 Å². The second kappa shape index (κ2) is 9.97. The number of unbranched alkanes of at least 4 members (excludes halogenated alkanes) is 2.